The largest absolute Gasteiger partial charge is 4.00 e. The van der Waals surface area contributed by atoms with Crippen LogP contribution in [0.1, 0.15) is 54.4 Å². The van der Waals surface area contributed by atoms with E-state index < -0.39 is 0 Å². The Labute approximate surface area is 146 Å². The number of hydrogen-bond donors (Lipinski definition) is 0. The van der Waals surface area contributed by atoms with Crippen LogP contribution in [-0.4, -0.2) is 14.2 Å². The summed E-state index contributed by atoms with van der Waals surface area (Å²) in [6, 6.07) is 0. The summed E-state index contributed by atoms with van der Waals surface area (Å²) in [5, 5.41) is 16.5. The van der Waals surface area contributed by atoms with Gasteiger partial charge in [0.15, 0.2) is 0 Å². The summed E-state index contributed by atoms with van der Waals surface area (Å²) in [5.41, 5.74) is 8.49. The molecule has 0 atom stereocenters. The van der Waals surface area contributed by atoms with E-state index in [0.29, 0.717) is 0 Å². The van der Waals surface area contributed by atoms with Crippen LogP contribution < -0.4 is 10.2 Å². The monoisotopic (exact) mass is 324 g/mol. The number of hydrogen-bond acceptors (Lipinski definition) is 2. The second kappa shape index (κ2) is 14.5. The van der Waals surface area contributed by atoms with E-state index >= 15 is 0 Å². The fourth-order valence-electron chi connectivity index (χ4n) is 1.70. The summed E-state index contributed by atoms with van der Waals surface area (Å²) < 4.78 is 0. The van der Waals surface area contributed by atoms with Crippen molar-refractivity contribution in [2.24, 2.45) is 0 Å². The average Bonchev–Trinajstić information content (AvgIpc) is 2.94. The van der Waals surface area contributed by atoms with Crippen molar-refractivity contribution < 1.29 is 31.9 Å². The predicted molar refractivity (Wildman–Crippen MR) is 82.7 cm³/mol. The molecule has 0 N–H and O–H groups in total. The second-order valence-corrected chi connectivity index (χ2v) is 4.77. The van der Waals surface area contributed by atoms with Gasteiger partial charge in [0.1, 0.15) is 0 Å². The van der Waals surface area contributed by atoms with Gasteiger partial charge in [0.2, 0.25) is 0 Å². The maximum Gasteiger partial charge on any atom is 4.00 e. The van der Waals surface area contributed by atoms with Crippen molar-refractivity contribution in [1.29, 1.82) is 0 Å². The van der Waals surface area contributed by atoms with Gasteiger partial charge in [-0.1, -0.05) is 27.7 Å². The Hall–Kier alpha value is -0.406. The first kappa shape index (κ1) is 25.5. The van der Waals surface area contributed by atoms with Crippen molar-refractivity contribution in [2.75, 3.05) is 14.2 Å². The van der Waals surface area contributed by atoms with E-state index in [1.165, 1.54) is 33.4 Å². The molecule has 21 heavy (non-hydrogen) atoms. The number of rotatable bonds is 0. The molecule has 0 aromatic heterocycles. The van der Waals surface area contributed by atoms with E-state index in [1.54, 1.807) is 0 Å². The van der Waals surface area contributed by atoms with Crippen LogP contribution in [0.5, 0.6) is 0 Å². The third-order valence-corrected chi connectivity index (χ3v) is 3.64. The fraction of sp³-hybridized carbons (Fsp3) is 0.556. The van der Waals surface area contributed by atoms with Crippen LogP contribution in [0.2, 0.25) is 0 Å². The quantitative estimate of drug-likeness (QED) is 0.508. The molecular formula is C18H28O2Ti. The molecule has 116 valence electrons. The van der Waals surface area contributed by atoms with Gasteiger partial charge in [0.25, 0.3) is 0 Å². The Kier molecular flexibility index (Phi) is 17.7. The van der Waals surface area contributed by atoms with E-state index in [4.69, 9.17) is 10.2 Å². The van der Waals surface area contributed by atoms with E-state index in [1.807, 2.05) is 0 Å². The third-order valence-electron chi connectivity index (χ3n) is 3.64. The van der Waals surface area contributed by atoms with Gasteiger partial charge < -0.3 is 10.2 Å². The van der Waals surface area contributed by atoms with Gasteiger partial charge in [-0.25, -0.2) is 11.1 Å². The zero-order valence-corrected chi connectivity index (χ0v) is 16.3. The van der Waals surface area contributed by atoms with Crippen LogP contribution >= 0.6 is 0 Å². The van der Waals surface area contributed by atoms with Crippen LogP contribution in [0.4, 0.5) is 0 Å². The Morgan fingerprint density at radius 2 is 0.857 bits per heavy atom. The van der Waals surface area contributed by atoms with Gasteiger partial charge in [0.05, 0.1) is 0 Å². The van der Waals surface area contributed by atoms with Crippen LogP contribution in [0.25, 0.3) is 0 Å². The van der Waals surface area contributed by atoms with Crippen LogP contribution in [0.3, 0.4) is 0 Å². The van der Waals surface area contributed by atoms with Gasteiger partial charge in [-0.2, -0.15) is 36.5 Å². The second-order valence-electron chi connectivity index (χ2n) is 4.77. The average molecular weight is 324 g/mol. The molecule has 2 nitrogen and oxygen atoms in total. The molecule has 2 aliphatic carbocycles. The Bertz CT molecular complexity index is 362. The van der Waals surface area contributed by atoms with Gasteiger partial charge >= 0.3 is 21.7 Å². The van der Waals surface area contributed by atoms with Crippen molar-refractivity contribution in [3.63, 3.8) is 0 Å². The molecule has 0 aromatic carbocycles. The van der Waals surface area contributed by atoms with Crippen molar-refractivity contribution >= 4 is 0 Å². The first-order chi connectivity index (χ1) is 9.43. The fourth-order valence-corrected chi connectivity index (χ4v) is 1.70. The smallest absolute Gasteiger partial charge is 0.857 e. The summed E-state index contributed by atoms with van der Waals surface area (Å²) in [6.07, 6.45) is 8.63. The molecule has 0 aromatic rings. The van der Waals surface area contributed by atoms with E-state index in [0.717, 1.165) is 27.1 Å². The van der Waals surface area contributed by atoms with Gasteiger partial charge in [-0.15, -0.1) is 26.7 Å². The topological polar surface area (TPSA) is 46.1 Å². The van der Waals surface area contributed by atoms with Crippen molar-refractivity contribution in [3.8, 4) is 0 Å². The summed E-state index contributed by atoms with van der Waals surface area (Å²) in [6.45, 7) is 12.9. The van der Waals surface area contributed by atoms with Gasteiger partial charge in [0, 0.05) is 0 Å². The van der Waals surface area contributed by atoms with Gasteiger partial charge in [-0.05, 0) is 0 Å². The molecule has 3 heteroatoms. The summed E-state index contributed by atoms with van der Waals surface area (Å²) >= 11 is 0. The SMILES string of the molecule is CC1=[C-]CC(C)=C1C.CC1=[C-]CC(C)=C1C.C[O-].C[O-].[Ti+4]. The molecule has 0 unspecified atom stereocenters. The third kappa shape index (κ3) is 9.26. The maximum absolute atomic E-state index is 8.25. The van der Waals surface area contributed by atoms with Gasteiger partial charge in [-0.3, -0.25) is 12.2 Å². The Morgan fingerprint density at radius 1 is 0.619 bits per heavy atom. The molecular weight excluding hydrogens is 296 g/mol. The molecule has 0 saturated carbocycles. The van der Waals surface area contributed by atoms with Crippen molar-refractivity contribution in [3.05, 3.63) is 45.6 Å². The van der Waals surface area contributed by atoms with Crippen molar-refractivity contribution in [2.45, 2.75) is 54.4 Å². The standard InChI is InChI=1S/2C8H11.2CH3O.Ti/c2*1-6-4-5-7(2)8(6)3;2*1-2;/h2*4H2,1-3H3;2*1H3;/q4*-1;+4. The first-order valence-corrected chi connectivity index (χ1v) is 6.73. The predicted octanol–water partition coefficient (Wildman–Crippen LogP) is 2.90. The molecule has 0 heterocycles. The molecule has 0 amide bonds. The summed E-state index contributed by atoms with van der Waals surface area (Å²) in [7, 11) is 1.50. The van der Waals surface area contributed by atoms with Crippen LogP contribution in [0.15, 0.2) is 33.4 Å². The van der Waals surface area contributed by atoms with Crippen LogP contribution in [0, 0.1) is 12.2 Å². The van der Waals surface area contributed by atoms with Crippen LogP contribution in [-0.2, 0) is 21.7 Å². The first-order valence-electron chi connectivity index (χ1n) is 6.73. The minimum atomic E-state index is 0. The molecule has 0 saturated heterocycles. The zero-order chi connectivity index (χ0) is 16.3. The van der Waals surface area contributed by atoms with E-state index in [9.17, 15) is 0 Å². The molecule has 2 rings (SSSR count). The van der Waals surface area contributed by atoms with Crippen molar-refractivity contribution in [1.82, 2.24) is 0 Å². The molecule has 0 fully saturated rings. The molecule has 0 radical (unpaired) electrons. The van der Waals surface area contributed by atoms with E-state index in [2.05, 4.69) is 53.7 Å². The minimum Gasteiger partial charge on any atom is -0.857 e. The number of allylic oxidation sites excluding steroid dienone is 8. The maximum atomic E-state index is 8.25. The summed E-state index contributed by atoms with van der Waals surface area (Å²) in [5.74, 6) is 0. The Morgan fingerprint density at radius 3 is 0.905 bits per heavy atom. The molecule has 0 spiro atoms. The van der Waals surface area contributed by atoms with E-state index in [-0.39, 0.29) is 21.7 Å². The normalized spacial score (nSPS) is 15.5. The minimum absolute atomic E-state index is 0. The summed E-state index contributed by atoms with van der Waals surface area (Å²) in [4.78, 5) is 0. The molecule has 0 bridgehead atoms. The molecule has 0 aliphatic heterocycles. The molecule has 2 aliphatic rings. The Balaban J connectivity index is -0.000000240. The zero-order valence-electron chi connectivity index (χ0n) is 14.7.